The minimum atomic E-state index is -0.254. The molecule has 1 aliphatic heterocycles. The summed E-state index contributed by atoms with van der Waals surface area (Å²) >= 11 is 1.26. The first-order valence-corrected chi connectivity index (χ1v) is 10.3. The van der Waals surface area contributed by atoms with Gasteiger partial charge >= 0.3 is 0 Å². The largest absolute Gasteiger partial charge is 0.459 e. The molecule has 0 fully saturated rings. The van der Waals surface area contributed by atoms with E-state index in [1.807, 2.05) is 68.4 Å². The highest BCUT2D eigenvalue weighted by atomic mass is 32.2. The first-order chi connectivity index (χ1) is 14.0. The average Bonchev–Trinajstić information content (AvgIpc) is 3.31. The average molecular weight is 407 g/mol. The van der Waals surface area contributed by atoms with Crippen LogP contribution in [0.5, 0.6) is 0 Å². The third-order valence-electron chi connectivity index (χ3n) is 4.66. The number of aliphatic imine (C=N–C) groups is 1. The second kappa shape index (κ2) is 8.13. The van der Waals surface area contributed by atoms with Gasteiger partial charge in [-0.25, -0.2) is 0 Å². The van der Waals surface area contributed by atoms with Crippen LogP contribution in [0.15, 0.2) is 64.0 Å². The van der Waals surface area contributed by atoms with Crippen molar-refractivity contribution < 1.29 is 14.0 Å². The van der Waals surface area contributed by atoms with Crippen molar-refractivity contribution >= 4 is 45.4 Å². The predicted octanol–water partition coefficient (Wildman–Crippen LogP) is 4.05. The molecule has 6 nitrogen and oxygen atoms in total. The summed E-state index contributed by atoms with van der Waals surface area (Å²) in [6.45, 7) is 3.98. The fourth-order valence-corrected chi connectivity index (χ4v) is 3.98. The van der Waals surface area contributed by atoms with Gasteiger partial charge in [0.1, 0.15) is 17.9 Å². The topological polar surface area (TPSA) is 74.9 Å². The molecule has 0 unspecified atom stereocenters. The van der Waals surface area contributed by atoms with E-state index in [1.165, 1.54) is 11.8 Å². The molecule has 2 aromatic carbocycles. The number of carbonyl (C=O) groups excluding carboxylic acids is 2. The maximum Gasteiger partial charge on any atom is 0.254 e. The van der Waals surface area contributed by atoms with Gasteiger partial charge in [-0.3, -0.25) is 19.5 Å². The number of nitrogens with zero attached hydrogens (tertiary/aromatic N) is 2. The maximum atomic E-state index is 12.4. The van der Waals surface area contributed by atoms with E-state index in [0.717, 1.165) is 22.2 Å². The molecule has 7 heteroatoms. The number of thioether (sulfide) groups is 1. The molecular formula is C22H21N3O3S. The molecule has 0 saturated carbocycles. The van der Waals surface area contributed by atoms with E-state index in [2.05, 4.69) is 10.3 Å². The Hall–Kier alpha value is -3.06. The zero-order chi connectivity index (χ0) is 20.4. The summed E-state index contributed by atoms with van der Waals surface area (Å²) < 4.78 is 5.81. The second-order valence-electron chi connectivity index (χ2n) is 6.93. The fourth-order valence-electron chi connectivity index (χ4n) is 3.14. The summed E-state index contributed by atoms with van der Waals surface area (Å²) in [5.41, 5.74) is 2.68. The monoisotopic (exact) mass is 407 g/mol. The van der Waals surface area contributed by atoms with Crippen molar-refractivity contribution in [2.24, 2.45) is 4.99 Å². The molecule has 3 aromatic rings. The Balaban J connectivity index is 1.37. The Morgan fingerprint density at radius 2 is 2.00 bits per heavy atom. The SMILES string of the molecule is Cc1ccc(N2C(=O)CN=C2SCC(=O)N[C@H](C)c2cc3ccccc3o2)cc1. The van der Waals surface area contributed by atoms with Gasteiger partial charge in [-0.1, -0.05) is 47.7 Å². The van der Waals surface area contributed by atoms with E-state index >= 15 is 0 Å². The van der Waals surface area contributed by atoms with E-state index in [1.54, 1.807) is 4.90 Å². The van der Waals surface area contributed by atoms with E-state index < -0.39 is 0 Å². The van der Waals surface area contributed by atoms with E-state index in [0.29, 0.717) is 10.9 Å². The smallest absolute Gasteiger partial charge is 0.254 e. The van der Waals surface area contributed by atoms with Gasteiger partial charge in [-0.05, 0) is 38.1 Å². The van der Waals surface area contributed by atoms with Crippen LogP contribution < -0.4 is 10.2 Å². The van der Waals surface area contributed by atoms with Gasteiger partial charge in [-0.2, -0.15) is 0 Å². The zero-order valence-corrected chi connectivity index (χ0v) is 17.0. The molecule has 148 valence electrons. The number of aryl methyl sites for hydroxylation is 1. The van der Waals surface area contributed by atoms with Gasteiger partial charge in [0.05, 0.1) is 17.5 Å². The third kappa shape index (κ3) is 4.19. The predicted molar refractivity (Wildman–Crippen MR) is 116 cm³/mol. The van der Waals surface area contributed by atoms with Crippen LogP contribution in [-0.4, -0.2) is 29.3 Å². The van der Waals surface area contributed by atoms with Crippen LogP contribution >= 0.6 is 11.8 Å². The quantitative estimate of drug-likeness (QED) is 0.692. The van der Waals surface area contributed by atoms with Crippen molar-refractivity contribution in [2.75, 3.05) is 17.2 Å². The van der Waals surface area contributed by atoms with Crippen molar-refractivity contribution in [1.29, 1.82) is 0 Å². The van der Waals surface area contributed by atoms with E-state index in [-0.39, 0.29) is 30.2 Å². The van der Waals surface area contributed by atoms with Crippen LogP contribution in [0, 0.1) is 6.92 Å². The highest BCUT2D eigenvalue weighted by Crippen LogP contribution is 2.25. The molecular weight excluding hydrogens is 386 g/mol. The lowest BCUT2D eigenvalue weighted by Crippen LogP contribution is -2.33. The lowest BCUT2D eigenvalue weighted by molar-refractivity contribution is -0.119. The summed E-state index contributed by atoms with van der Waals surface area (Å²) in [6, 6.07) is 17.1. The van der Waals surface area contributed by atoms with Gasteiger partial charge < -0.3 is 9.73 Å². The molecule has 4 rings (SSSR count). The van der Waals surface area contributed by atoms with Crippen molar-refractivity contribution in [2.45, 2.75) is 19.9 Å². The number of nitrogens with one attached hydrogen (secondary N) is 1. The van der Waals surface area contributed by atoms with E-state index in [9.17, 15) is 9.59 Å². The molecule has 2 heterocycles. The van der Waals surface area contributed by atoms with Crippen molar-refractivity contribution in [3.05, 3.63) is 65.9 Å². The molecule has 2 amide bonds. The molecule has 0 spiro atoms. The summed E-state index contributed by atoms with van der Waals surface area (Å²) in [5.74, 6) is 0.638. The Kier molecular flexibility index (Phi) is 5.40. The lowest BCUT2D eigenvalue weighted by Gasteiger charge is -2.18. The van der Waals surface area contributed by atoms with Crippen LogP contribution in [0.4, 0.5) is 5.69 Å². The Morgan fingerprint density at radius 3 is 2.76 bits per heavy atom. The minimum absolute atomic E-state index is 0.0904. The summed E-state index contributed by atoms with van der Waals surface area (Å²) in [4.78, 5) is 30.5. The number of anilines is 1. The number of carbonyl (C=O) groups is 2. The summed E-state index contributed by atoms with van der Waals surface area (Å²) in [7, 11) is 0. The minimum Gasteiger partial charge on any atom is -0.459 e. The molecule has 1 aliphatic rings. The Morgan fingerprint density at radius 1 is 1.24 bits per heavy atom. The number of hydrogen-bond donors (Lipinski definition) is 1. The standard InChI is InChI=1S/C22H21N3O3S/c1-14-7-9-17(10-8-14)25-21(27)12-23-22(25)29-13-20(26)24-15(2)19-11-16-5-3-4-6-18(16)28-19/h3-11,15H,12-13H2,1-2H3,(H,24,26)/t15-/m1/s1. The lowest BCUT2D eigenvalue weighted by atomic mass is 10.2. The fraction of sp³-hybridized carbons (Fsp3) is 0.227. The number of benzene rings is 2. The first kappa shape index (κ1) is 19.3. The number of furan rings is 1. The van der Waals surface area contributed by atoms with Crippen LogP contribution in [0.1, 0.15) is 24.3 Å². The third-order valence-corrected chi connectivity index (χ3v) is 5.64. The number of fused-ring (bicyclic) bond motifs is 1. The van der Waals surface area contributed by atoms with Crippen LogP contribution in [0.25, 0.3) is 11.0 Å². The van der Waals surface area contributed by atoms with Gasteiger partial charge in [0.15, 0.2) is 5.17 Å². The second-order valence-corrected chi connectivity index (χ2v) is 7.87. The van der Waals surface area contributed by atoms with Crippen molar-refractivity contribution in [3.63, 3.8) is 0 Å². The van der Waals surface area contributed by atoms with Gasteiger partial charge in [-0.15, -0.1) is 0 Å². The summed E-state index contributed by atoms with van der Waals surface area (Å²) in [6.07, 6.45) is 0. The molecule has 0 bridgehead atoms. The highest BCUT2D eigenvalue weighted by molar-refractivity contribution is 8.14. The van der Waals surface area contributed by atoms with Crippen LogP contribution in [-0.2, 0) is 9.59 Å². The maximum absolute atomic E-state index is 12.4. The van der Waals surface area contributed by atoms with Crippen molar-refractivity contribution in [1.82, 2.24) is 5.32 Å². The number of hydrogen-bond acceptors (Lipinski definition) is 5. The molecule has 1 aromatic heterocycles. The Labute approximate surface area is 173 Å². The van der Waals surface area contributed by atoms with Gasteiger partial charge in [0.25, 0.3) is 5.91 Å². The number of amidine groups is 1. The van der Waals surface area contributed by atoms with E-state index in [4.69, 9.17) is 4.42 Å². The summed E-state index contributed by atoms with van der Waals surface area (Å²) in [5, 5.41) is 4.49. The number of amides is 2. The Bertz CT molecular complexity index is 1060. The number of rotatable bonds is 5. The normalized spacial score (nSPS) is 14.9. The van der Waals surface area contributed by atoms with Gasteiger partial charge in [0, 0.05) is 5.39 Å². The molecule has 29 heavy (non-hydrogen) atoms. The van der Waals surface area contributed by atoms with Crippen LogP contribution in [0.3, 0.4) is 0 Å². The molecule has 1 N–H and O–H groups in total. The molecule has 1 atom stereocenters. The molecule has 0 aliphatic carbocycles. The zero-order valence-electron chi connectivity index (χ0n) is 16.2. The van der Waals surface area contributed by atoms with Gasteiger partial charge in [0.2, 0.25) is 5.91 Å². The highest BCUT2D eigenvalue weighted by Gasteiger charge is 2.28. The number of para-hydroxylation sites is 1. The molecule has 0 saturated heterocycles. The first-order valence-electron chi connectivity index (χ1n) is 9.36. The molecule has 0 radical (unpaired) electrons. The van der Waals surface area contributed by atoms with Crippen LogP contribution in [0.2, 0.25) is 0 Å². The van der Waals surface area contributed by atoms with Crippen molar-refractivity contribution in [3.8, 4) is 0 Å².